The van der Waals surface area contributed by atoms with Gasteiger partial charge < -0.3 is 14.0 Å². The molecule has 0 bridgehead atoms. The van der Waals surface area contributed by atoms with Crippen molar-refractivity contribution >= 4 is 23.2 Å². The van der Waals surface area contributed by atoms with Gasteiger partial charge in [-0.2, -0.15) is 0 Å². The first-order valence-corrected chi connectivity index (χ1v) is 13.6. The van der Waals surface area contributed by atoms with Gasteiger partial charge in [-0.15, -0.1) is 0 Å². The summed E-state index contributed by atoms with van der Waals surface area (Å²) in [7, 11) is 4.44. The molecular formula is C29H44Cl2NO2+. The third-order valence-electron chi connectivity index (χ3n) is 6.82. The van der Waals surface area contributed by atoms with Crippen LogP contribution in [0.3, 0.4) is 0 Å². The quantitative estimate of drug-likeness (QED) is 0.177. The van der Waals surface area contributed by atoms with Gasteiger partial charge >= 0.3 is 0 Å². The minimum absolute atomic E-state index is 0.452. The number of hydrogen-bond acceptors (Lipinski definition) is 2. The number of rotatable bonds is 15. The molecule has 0 saturated carbocycles. The number of ether oxygens (including phenoxy) is 2. The van der Waals surface area contributed by atoms with E-state index in [2.05, 4.69) is 66.1 Å². The summed E-state index contributed by atoms with van der Waals surface area (Å²) < 4.78 is 13.0. The van der Waals surface area contributed by atoms with Crippen molar-refractivity contribution in [2.45, 2.75) is 71.8 Å². The summed E-state index contributed by atoms with van der Waals surface area (Å²) in [5.41, 5.74) is 3.86. The molecule has 0 aliphatic rings. The molecule has 34 heavy (non-hydrogen) atoms. The monoisotopic (exact) mass is 508 g/mol. The number of quaternary nitrogens is 1. The molecule has 0 aliphatic heterocycles. The summed E-state index contributed by atoms with van der Waals surface area (Å²) in [6.07, 6.45) is 4.39. The Morgan fingerprint density at radius 1 is 0.794 bits per heavy atom. The highest BCUT2D eigenvalue weighted by Gasteiger charge is 2.20. The Morgan fingerprint density at radius 3 is 2.00 bits per heavy atom. The Balaban J connectivity index is 1.92. The van der Waals surface area contributed by atoms with E-state index in [1.54, 1.807) is 0 Å². The SMILES string of the molecule is CCC(CC)c1cc(Cl)c(OCCOCC[N+](C)(C)Cc2ccc(Cl)cc2)c(C(CC)CC)c1. The second-order valence-electron chi connectivity index (χ2n) is 9.85. The first-order valence-electron chi connectivity index (χ1n) is 12.8. The summed E-state index contributed by atoms with van der Waals surface area (Å²) >= 11 is 12.8. The number of benzene rings is 2. The predicted octanol–water partition coefficient (Wildman–Crippen LogP) is 8.47. The minimum Gasteiger partial charge on any atom is -0.489 e. The lowest BCUT2D eigenvalue weighted by molar-refractivity contribution is -0.904. The molecule has 190 valence electrons. The Bertz CT molecular complexity index is 859. The van der Waals surface area contributed by atoms with Gasteiger partial charge in [0, 0.05) is 10.6 Å². The highest BCUT2D eigenvalue weighted by atomic mass is 35.5. The molecule has 0 amide bonds. The molecule has 2 rings (SSSR count). The van der Waals surface area contributed by atoms with Gasteiger partial charge in [-0.05, 0) is 66.8 Å². The van der Waals surface area contributed by atoms with Crippen molar-refractivity contribution < 1.29 is 14.0 Å². The van der Waals surface area contributed by atoms with Crippen molar-refractivity contribution in [1.82, 2.24) is 0 Å². The molecule has 0 N–H and O–H groups in total. The topological polar surface area (TPSA) is 18.5 Å². The van der Waals surface area contributed by atoms with E-state index in [9.17, 15) is 0 Å². The zero-order valence-electron chi connectivity index (χ0n) is 22.0. The first kappa shape index (κ1) is 29.0. The van der Waals surface area contributed by atoms with Crippen molar-refractivity contribution in [3.05, 3.63) is 63.1 Å². The van der Waals surface area contributed by atoms with Gasteiger partial charge in [-0.25, -0.2) is 0 Å². The number of likely N-dealkylation sites (N-methyl/N-ethyl adjacent to an activating group) is 1. The van der Waals surface area contributed by atoms with Gasteiger partial charge in [-0.1, -0.05) is 69.1 Å². The Labute approximate surface area is 217 Å². The van der Waals surface area contributed by atoms with Crippen molar-refractivity contribution in [3.8, 4) is 5.75 Å². The molecule has 0 spiro atoms. The summed E-state index contributed by atoms with van der Waals surface area (Å²) in [6.45, 7) is 12.6. The molecule has 0 aromatic heterocycles. The van der Waals surface area contributed by atoms with E-state index in [0.29, 0.717) is 31.7 Å². The largest absolute Gasteiger partial charge is 0.489 e. The lowest BCUT2D eigenvalue weighted by atomic mass is 9.87. The minimum atomic E-state index is 0.452. The van der Waals surface area contributed by atoms with Crippen LogP contribution in [0.25, 0.3) is 0 Å². The Kier molecular flexibility index (Phi) is 12.2. The van der Waals surface area contributed by atoms with Crippen molar-refractivity contribution in [2.75, 3.05) is 40.5 Å². The molecule has 0 saturated heterocycles. The number of nitrogens with zero attached hydrogens (tertiary/aromatic N) is 1. The summed E-state index contributed by atoms with van der Waals surface area (Å²) in [5.74, 6) is 1.83. The van der Waals surface area contributed by atoms with Crippen LogP contribution in [0.5, 0.6) is 5.75 Å². The van der Waals surface area contributed by atoms with Crippen LogP contribution in [0.2, 0.25) is 10.0 Å². The van der Waals surface area contributed by atoms with Crippen LogP contribution >= 0.6 is 23.2 Å². The second kappa shape index (κ2) is 14.3. The number of halogens is 2. The van der Waals surface area contributed by atoms with Crippen molar-refractivity contribution in [2.24, 2.45) is 0 Å². The van der Waals surface area contributed by atoms with Gasteiger partial charge in [0.05, 0.1) is 32.3 Å². The molecule has 0 aliphatic carbocycles. The average molecular weight is 510 g/mol. The van der Waals surface area contributed by atoms with Crippen LogP contribution in [0.1, 0.15) is 81.9 Å². The summed E-state index contributed by atoms with van der Waals surface area (Å²) in [4.78, 5) is 0. The van der Waals surface area contributed by atoms with E-state index in [0.717, 1.165) is 59.1 Å². The Morgan fingerprint density at radius 2 is 1.41 bits per heavy atom. The maximum absolute atomic E-state index is 6.76. The summed E-state index contributed by atoms with van der Waals surface area (Å²) in [5, 5.41) is 1.50. The zero-order valence-corrected chi connectivity index (χ0v) is 23.5. The van der Waals surface area contributed by atoms with Crippen LogP contribution in [0.4, 0.5) is 0 Å². The smallest absolute Gasteiger partial charge is 0.141 e. The van der Waals surface area contributed by atoms with Crippen LogP contribution in [-0.2, 0) is 11.3 Å². The molecule has 0 heterocycles. The maximum atomic E-state index is 6.76. The summed E-state index contributed by atoms with van der Waals surface area (Å²) in [6, 6.07) is 12.5. The van der Waals surface area contributed by atoms with E-state index in [4.69, 9.17) is 32.7 Å². The van der Waals surface area contributed by atoms with Gasteiger partial charge in [0.25, 0.3) is 0 Å². The molecule has 0 radical (unpaired) electrons. The van der Waals surface area contributed by atoms with E-state index in [1.807, 2.05) is 12.1 Å². The average Bonchev–Trinajstić information content (AvgIpc) is 2.80. The van der Waals surface area contributed by atoms with Gasteiger partial charge in [0.15, 0.2) is 0 Å². The highest BCUT2D eigenvalue weighted by Crippen LogP contribution is 2.40. The predicted molar refractivity (Wildman–Crippen MR) is 147 cm³/mol. The van der Waals surface area contributed by atoms with Crippen molar-refractivity contribution in [1.29, 1.82) is 0 Å². The third kappa shape index (κ3) is 8.75. The van der Waals surface area contributed by atoms with E-state index in [1.165, 1.54) is 16.7 Å². The van der Waals surface area contributed by atoms with E-state index >= 15 is 0 Å². The molecule has 0 fully saturated rings. The first-order chi connectivity index (χ1) is 16.2. The fourth-order valence-electron chi connectivity index (χ4n) is 4.60. The van der Waals surface area contributed by atoms with Crippen LogP contribution in [0.15, 0.2) is 36.4 Å². The molecular weight excluding hydrogens is 465 g/mol. The van der Waals surface area contributed by atoms with E-state index < -0.39 is 0 Å². The Hall–Kier alpha value is -1.26. The van der Waals surface area contributed by atoms with Crippen LogP contribution in [0, 0.1) is 0 Å². The zero-order chi connectivity index (χ0) is 25.1. The molecule has 5 heteroatoms. The lowest BCUT2D eigenvalue weighted by Gasteiger charge is -2.29. The fourth-order valence-corrected chi connectivity index (χ4v) is 5.01. The fraction of sp³-hybridized carbons (Fsp3) is 0.586. The van der Waals surface area contributed by atoms with Crippen molar-refractivity contribution in [3.63, 3.8) is 0 Å². The molecule has 2 aromatic rings. The third-order valence-corrected chi connectivity index (χ3v) is 7.35. The highest BCUT2D eigenvalue weighted by molar-refractivity contribution is 6.32. The van der Waals surface area contributed by atoms with Gasteiger partial charge in [0.2, 0.25) is 0 Å². The second-order valence-corrected chi connectivity index (χ2v) is 10.7. The van der Waals surface area contributed by atoms with Crippen LogP contribution in [-0.4, -0.2) is 44.9 Å². The maximum Gasteiger partial charge on any atom is 0.141 e. The normalized spacial score (nSPS) is 12.1. The van der Waals surface area contributed by atoms with E-state index in [-0.39, 0.29) is 0 Å². The number of hydrogen-bond donors (Lipinski definition) is 0. The molecule has 2 aromatic carbocycles. The molecule has 0 unspecified atom stereocenters. The lowest BCUT2D eigenvalue weighted by Crippen LogP contribution is -2.41. The van der Waals surface area contributed by atoms with Crippen LogP contribution < -0.4 is 4.74 Å². The standard InChI is InChI=1S/C29H44Cl2NO2/c1-7-23(8-2)25-19-27(24(9-3)10-4)29(28(31)20-25)34-18-17-33-16-15-32(5,6)21-22-11-13-26(30)14-12-22/h11-14,19-20,23-24H,7-10,15-18,21H2,1-6H3/q+1. The van der Waals surface area contributed by atoms with Gasteiger partial charge in [0.1, 0.15) is 25.4 Å². The van der Waals surface area contributed by atoms with Gasteiger partial charge in [-0.3, -0.25) is 0 Å². The molecule has 0 atom stereocenters. The molecule has 3 nitrogen and oxygen atoms in total.